The molecule has 2 aromatic carbocycles. The minimum Gasteiger partial charge on any atom is -0.386 e. The molecule has 2 atom stereocenters. The van der Waals surface area contributed by atoms with Crippen molar-refractivity contribution >= 4 is 5.82 Å². The molecule has 0 spiro atoms. The number of aromatic nitrogens is 2. The van der Waals surface area contributed by atoms with Gasteiger partial charge < -0.3 is 10.4 Å². The Labute approximate surface area is 166 Å². The zero-order valence-corrected chi connectivity index (χ0v) is 16.1. The third-order valence-electron chi connectivity index (χ3n) is 5.31. The number of hydrogen-bond acceptors (Lipinski definition) is 5. The molecule has 144 valence electrons. The van der Waals surface area contributed by atoms with Crippen LogP contribution in [-0.2, 0) is 19.5 Å². The first-order valence-electron chi connectivity index (χ1n) is 9.79. The van der Waals surface area contributed by atoms with Gasteiger partial charge in [0.05, 0.1) is 17.8 Å². The van der Waals surface area contributed by atoms with E-state index in [1.807, 2.05) is 43.3 Å². The molecule has 1 aromatic heterocycles. The molecule has 4 rings (SSSR count). The Morgan fingerprint density at radius 2 is 1.75 bits per heavy atom. The molecule has 5 nitrogen and oxygen atoms in total. The van der Waals surface area contributed by atoms with E-state index in [4.69, 9.17) is 0 Å². The minimum atomic E-state index is -0.601. The van der Waals surface area contributed by atoms with E-state index in [-0.39, 0.29) is 6.04 Å². The van der Waals surface area contributed by atoms with Crippen LogP contribution in [0.25, 0.3) is 0 Å². The van der Waals surface area contributed by atoms with Crippen LogP contribution in [0.2, 0.25) is 0 Å². The molecule has 0 bridgehead atoms. The van der Waals surface area contributed by atoms with Crippen LogP contribution in [-0.4, -0.2) is 32.6 Å². The second-order valence-electron chi connectivity index (χ2n) is 7.38. The van der Waals surface area contributed by atoms with Gasteiger partial charge in [0.25, 0.3) is 0 Å². The van der Waals surface area contributed by atoms with Crippen LogP contribution in [0.5, 0.6) is 0 Å². The van der Waals surface area contributed by atoms with Crippen LogP contribution in [0.15, 0.2) is 67.0 Å². The number of rotatable bonds is 6. The quantitative estimate of drug-likeness (QED) is 0.691. The highest BCUT2D eigenvalue weighted by molar-refractivity contribution is 5.48. The summed E-state index contributed by atoms with van der Waals surface area (Å²) >= 11 is 0. The highest BCUT2D eigenvalue weighted by Crippen LogP contribution is 2.26. The maximum atomic E-state index is 10.7. The van der Waals surface area contributed by atoms with Crippen molar-refractivity contribution in [2.45, 2.75) is 38.6 Å². The third-order valence-corrected chi connectivity index (χ3v) is 5.31. The number of aliphatic hydroxyl groups is 1. The van der Waals surface area contributed by atoms with Crippen molar-refractivity contribution in [2.24, 2.45) is 0 Å². The Bertz CT molecular complexity index is 901. The Kier molecular flexibility index (Phi) is 5.65. The number of fused-ring (bicyclic) bond motifs is 1. The van der Waals surface area contributed by atoms with Crippen LogP contribution in [0.4, 0.5) is 5.82 Å². The summed E-state index contributed by atoms with van der Waals surface area (Å²) in [6.45, 7) is 4.69. The van der Waals surface area contributed by atoms with Crippen LogP contribution < -0.4 is 5.32 Å². The summed E-state index contributed by atoms with van der Waals surface area (Å²) in [5, 5.41) is 14.1. The second-order valence-corrected chi connectivity index (χ2v) is 7.38. The molecule has 0 aliphatic carbocycles. The lowest BCUT2D eigenvalue weighted by Crippen LogP contribution is -2.33. The van der Waals surface area contributed by atoms with E-state index in [1.54, 1.807) is 6.33 Å². The Morgan fingerprint density at radius 3 is 2.50 bits per heavy atom. The predicted octanol–water partition coefficient (Wildman–Crippen LogP) is 3.57. The molecule has 1 aliphatic heterocycles. The molecule has 1 aliphatic rings. The average Bonchev–Trinajstić information content (AvgIpc) is 2.75. The summed E-state index contributed by atoms with van der Waals surface area (Å²) in [4.78, 5) is 11.4. The SMILES string of the molecule is CC(Nc1ncnc2c1CN(Cc1ccccc1)CC2)C(O)c1ccccc1. The summed E-state index contributed by atoms with van der Waals surface area (Å²) in [7, 11) is 0. The van der Waals surface area contributed by atoms with Gasteiger partial charge in [0.1, 0.15) is 12.1 Å². The van der Waals surface area contributed by atoms with Gasteiger partial charge in [-0.3, -0.25) is 4.90 Å². The van der Waals surface area contributed by atoms with Crippen molar-refractivity contribution in [2.75, 3.05) is 11.9 Å². The summed E-state index contributed by atoms with van der Waals surface area (Å²) < 4.78 is 0. The fraction of sp³-hybridized carbons (Fsp3) is 0.304. The van der Waals surface area contributed by atoms with E-state index in [0.717, 1.165) is 48.7 Å². The van der Waals surface area contributed by atoms with E-state index in [2.05, 4.69) is 44.5 Å². The lowest BCUT2D eigenvalue weighted by atomic mass is 10.0. The molecule has 2 unspecified atom stereocenters. The van der Waals surface area contributed by atoms with Gasteiger partial charge in [-0.15, -0.1) is 0 Å². The van der Waals surface area contributed by atoms with Gasteiger partial charge in [0.15, 0.2) is 0 Å². The maximum absolute atomic E-state index is 10.7. The molecule has 0 fully saturated rings. The molecule has 5 heteroatoms. The van der Waals surface area contributed by atoms with E-state index in [0.29, 0.717) is 0 Å². The monoisotopic (exact) mass is 374 g/mol. The summed E-state index contributed by atoms with van der Waals surface area (Å²) in [6, 6.07) is 20.1. The van der Waals surface area contributed by atoms with Crippen molar-refractivity contribution < 1.29 is 5.11 Å². The zero-order valence-electron chi connectivity index (χ0n) is 16.1. The van der Waals surface area contributed by atoms with Crippen LogP contribution in [0.1, 0.15) is 35.4 Å². The number of hydrogen-bond donors (Lipinski definition) is 2. The standard InChI is InChI=1S/C23H26N4O/c1-17(22(28)19-10-6-3-7-11-19)26-23-20-15-27(13-12-21(20)24-16-25-23)14-18-8-4-2-5-9-18/h2-11,16-17,22,28H,12-15H2,1H3,(H,24,25,26). The average molecular weight is 374 g/mol. The highest BCUT2D eigenvalue weighted by atomic mass is 16.3. The minimum absolute atomic E-state index is 0.161. The lowest BCUT2D eigenvalue weighted by Gasteiger charge is -2.30. The molecule has 3 aromatic rings. The summed E-state index contributed by atoms with van der Waals surface area (Å²) in [6.07, 6.45) is 1.93. The number of anilines is 1. The number of nitrogens with zero attached hydrogens (tertiary/aromatic N) is 3. The Morgan fingerprint density at radius 1 is 1.04 bits per heavy atom. The van der Waals surface area contributed by atoms with E-state index < -0.39 is 6.10 Å². The lowest BCUT2D eigenvalue weighted by molar-refractivity contribution is 0.160. The Hall–Kier alpha value is -2.76. The van der Waals surface area contributed by atoms with Gasteiger partial charge in [0, 0.05) is 31.6 Å². The third kappa shape index (κ3) is 4.21. The van der Waals surface area contributed by atoms with Crippen LogP contribution >= 0.6 is 0 Å². The molecule has 0 radical (unpaired) electrons. The summed E-state index contributed by atoms with van der Waals surface area (Å²) in [5.41, 5.74) is 4.45. The first-order valence-corrected chi connectivity index (χ1v) is 9.79. The highest BCUT2D eigenvalue weighted by Gasteiger charge is 2.23. The Balaban J connectivity index is 1.49. The first kappa shape index (κ1) is 18.6. The summed E-state index contributed by atoms with van der Waals surface area (Å²) in [5.74, 6) is 0.824. The fourth-order valence-corrected chi connectivity index (χ4v) is 3.73. The normalized spacial score (nSPS) is 16.2. The van der Waals surface area contributed by atoms with Gasteiger partial charge in [-0.05, 0) is 18.1 Å². The topological polar surface area (TPSA) is 61.3 Å². The maximum Gasteiger partial charge on any atom is 0.134 e. The van der Waals surface area contributed by atoms with Crippen LogP contribution in [0.3, 0.4) is 0 Å². The predicted molar refractivity (Wildman–Crippen MR) is 111 cm³/mol. The number of nitrogens with one attached hydrogen (secondary N) is 1. The molecule has 28 heavy (non-hydrogen) atoms. The van der Waals surface area contributed by atoms with Crippen molar-refractivity contribution in [1.82, 2.24) is 14.9 Å². The fourth-order valence-electron chi connectivity index (χ4n) is 3.73. The number of aliphatic hydroxyl groups excluding tert-OH is 1. The van der Waals surface area contributed by atoms with E-state index in [9.17, 15) is 5.11 Å². The second kappa shape index (κ2) is 8.50. The largest absolute Gasteiger partial charge is 0.386 e. The molecule has 0 amide bonds. The van der Waals surface area contributed by atoms with Crippen molar-refractivity contribution in [1.29, 1.82) is 0 Å². The van der Waals surface area contributed by atoms with Gasteiger partial charge in [-0.1, -0.05) is 60.7 Å². The molecule has 0 saturated carbocycles. The van der Waals surface area contributed by atoms with Crippen molar-refractivity contribution in [3.05, 3.63) is 89.4 Å². The molecular formula is C23H26N4O. The van der Waals surface area contributed by atoms with E-state index in [1.165, 1.54) is 5.56 Å². The van der Waals surface area contributed by atoms with Crippen molar-refractivity contribution in [3.8, 4) is 0 Å². The zero-order chi connectivity index (χ0) is 19.3. The molecule has 0 saturated heterocycles. The molecule has 2 N–H and O–H groups in total. The number of benzene rings is 2. The van der Waals surface area contributed by atoms with Gasteiger partial charge >= 0.3 is 0 Å². The van der Waals surface area contributed by atoms with Crippen molar-refractivity contribution in [3.63, 3.8) is 0 Å². The molecule has 2 heterocycles. The van der Waals surface area contributed by atoms with E-state index >= 15 is 0 Å². The van der Waals surface area contributed by atoms with Gasteiger partial charge in [-0.25, -0.2) is 9.97 Å². The smallest absolute Gasteiger partial charge is 0.134 e. The molecular weight excluding hydrogens is 348 g/mol. The van der Waals surface area contributed by atoms with Crippen LogP contribution in [0, 0.1) is 0 Å². The first-order chi connectivity index (χ1) is 13.7. The van der Waals surface area contributed by atoms with Gasteiger partial charge in [-0.2, -0.15) is 0 Å². The van der Waals surface area contributed by atoms with Gasteiger partial charge in [0.2, 0.25) is 0 Å².